The second-order valence-electron chi connectivity index (χ2n) is 5.09. The van der Waals surface area contributed by atoms with Gasteiger partial charge in [0.2, 0.25) is 0 Å². The van der Waals surface area contributed by atoms with Crippen LogP contribution in [-0.2, 0) is 9.53 Å². The molecule has 2 N–H and O–H groups in total. The number of carbonyl (C=O) groups is 2. The van der Waals surface area contributed by atoms with Gasteiger partial charge in [-0.1, -0.05) is 6.92 Å². The fraction of sp³-hybridized carbons (Fsp3) is 0.600. The van der Waals surface area contributed by atoms with Crippen molar-refractivity contribution in [2.45, 2.75) is 27.2 Å². The lowest BCUT2D eigenvalue weighted by molar-refractivity contribution is -0.141. The number of H-pyrrole nitrogens is 1. The summed E-state index contributed by atoms with van der Waals surface area (Å²) in [7, 11) is 0. The van der Waals surface area contributed by atoms with Crippen molar-refractivity contribution in [3.63, 3.8) is 0 Å². The lowest BCUT2D eigenvalue weighted by Gasteiger charge is -2.24. The fourth-order valence-electron chi connectivity index (χ4n) is 2.03. The van der Waals surface area contributed by atoms with E-state index in [-0.39, 0.29) is 12.5 Å². The molecule has 1 amide bonds. The Bertz CT molecular complexity index is 470. The molecular weight excluding hydrogens is 272 g/mol. The largest absolute Gasteiger partial charge is 0.481 e. The highest BCUT2D eigenvalue weighted by molar-refractivity contribution is 5.95. The molecule has 1 atom stereocenters. The number of hydrogen-bond acceptors (Lipinski definition) is 3. The highest BCUT2D eigenvalue weighted by Crippen LogP contribution is 2.12. The van der Waals surface area contributed by atoms with Crippen LogP contribution in [0.5, 0.6) is 0 Å². The Morgan fingerprint density at radius 1 is 1.43 bits per heavy atom. The van der Waals surface area contributed by atoms with Crippen molar-refractivity contribution >= 4 is 11.9 Å². The normalized spacial score (nSPS) is 12.1. The second-order valence-corrected chi connectivity index (χ2v) is 5.09. The number of ether oxygens (including phenoxy) is 1. The molecule has 0 aromatic carbocycles. The molecule has 0 aliphatic carbocycles. The van der Waals surface area contributed by atoms with Crippen molar-refractivity contribution in [1.82, 2.24) is 9.88 Å². The van der Waals surface area contributed by atoms with Gasteiger partial charge in [-0.25, -0.2) is 0 Å². The molecule has 0 saturated carbocycles. The molecule has 1 rings (SSSR count). The molecule has 21 heavy (non-hydrogen) atoms. The van der Waals surface area contributed by atoms with Gasteiger partial charge in [-0.2, -0.15) is 0 Å². The number of aromatic amines is 1. The Hall–Kier alpha value is -1.82. The summed E-state index contributed by atoms with van der Waals surface area (Å²) in [6.07, 6.45) is 4.10. The number of amides is 1. The Labute approximate surface area is 125 Å². The maximum atomic E-state index is 12.5. The average Bonchev–Trinajstić information content (AvgIpc) is 2.87. The highest BCUT2D eigenvalue weighted by Gasteiger charge is 2.22. The first-order chi connectivity index (χ1) is 9.97. The van der Waals surface area contributed by atoms with Gasteiger partial charge in [0.15, 0.2) is 0 Å². The Morgan fingerprint density at radius 2 is 2.14 bits per heavy atom. The number of aliphatic carboxylic acids is 1. The summed E-state index contributed by atoms with van der Waals surface area (Å²) in [6, 6.07) is 0. The lowest BCUT2D eigenvalue weighted by Crippen LogP contribution is -2.38. The molecule has 0 radical (unpaired) electrons. The number of carboxylic acid groups (broad SMARTS) is 1. The highest BCUT2D eigenvalue weighted by atomic mass is 16.5. The number of rotatable bonds is 9. The van der Waals surface area contributed by atoms with Gasteiger partial charge in [0.25, 0.3) is 5.91 Å². The SMILES string of the molecule is CCOCCCN(CC(C)C(=O)O)C(=O)c1c[nH]cc1C. The molecule has 1 heterocycles. The summed E-state index contributed by atoms with van der Waals surface area (Å²) in [6.45, 7) is 7.26. The first kappa shape index (κ1) is 17.2. The number of aromatic nitrogens is 1. The van der Waals surface area contributed by atoms with Gasteiger partial charge < -0.3 is 19.7 Å². The van der Waals surface area contributed by atoms with Crippen molar-refractivity contribution in [2.75, 3.05) is 26.3 Å². The minimum atomic E-state index is -0.900. The molecule has 1 unspecified atom stereocenters. The molecule has 0 aliphatic heterocycles. The van der Waals surface area contributed by atoms with E-state index in [2.05, 4.69) is 4.98 Å². The molecule has 1 aromatic rings. The van der Waals surface area contributed by atoms with Crippen LogP contribution in [0.2, 0.25) is 0 Å². The van der Waals surface area contributed by atoms with Crippen LogP contribution in [0.4, 0.5) is 0 Å². The topological polar surface area (TPSA) is 82.6 Å². The van der Waals surface area contributed by atoms with Gasteiger partial charge >= 0.3 is 5.97 Å². The average molecular weight is 296 g/mol. The van der Waals surface area contributed by atoms with Crippen LogP contribution in [0, 0.1) is 12.8 Å². The summed E-state index contributed by atoms with van der Waals surface area (Å²) in [5, 5.41) is 9.04. The van der Waals surface area contributed by atoms with Crippen LogP contribution >= 0.6 is 0 Å². The Kier molecular flexibility index (Phi) is 6.94. The maximum Gasteiger partial charge on any atom is 0.308 e. The van der Waals surface area contributed by atoms with Crippen LogP contribution in [0.15, 0.2) is 12.4 Å². The van der Waals surface area contributed by atoms with Gasteiger partial charge in [0.05, 0.1) is 11.5 Å². The smallest absolute Gasteiger partial charge is 0.308 e. The summed E-state index contributed by atoms with van der Waals surface area (Å²) in [4.78, 5) is 28.0. The van der Waals surface area contributed by atoms with Crippen molar-refractivity contribution in [3.8, 4) is 0 Å². The molecule has 0 bridgehead atoms. The molecule has 6 heteroatoms. The summed E-state index contributed by atoms with van der Waals surface area (Å²) in [5.41, 5.74) is 1.45. The zero-order valence-corrected chi connectivity index (χ0v) is 12.9. The Balaban J connectivity index is 2.73. The molecule has 6 nitrogen and oxygen atoms in total. The lowest BCUT2D eigenvalue weighted by atomic mass is 10.1. The first-order valence-electron chi connectivity index (χ1n) is 7.20. The first-order valence-corrected chi connectivity index (χ1v) is 7.20. The number of nitrogens with zero attached hydrogens (tertiary/aromatic N) is 1. The summed E-state index contributed by atoms with van der Waals surface area (Å²) in [5.74, 6) is -1.64. The van der Waals surface area contributed by atoms with Gasteiger partial charge in [-0.3, -0.25) is 9.59 Å². The van der Waals surface area contributed by atoms with E-state index in [9.17, 15) is 9.59 Å². The van der Waals surface area contributed by atoms with Gasteiger partial charge in [0.1, 0.15) is 0 Å². The molecule has 0 saturated heterocycles. The van der Waals surface area contributed by atoms with E-state index in [1.807, 2.05) is 13.8 Å². The quantitative estimate of drug-likeness (QED) is 0.682. The summed E-state index contributed by atoms with van der Waals surface area (Å²) >= 11 is 0. The molecule has 0 fully saturated rings. The minimum Gasteiger partial charge on any atom is -0.481 e. The Morgan fingerprint density at radius 3 is 2.67 bits per heavy atom. The number of hydrogen-bond donors (Lipinski definition) is 2. The van der Waals surface area contributed by atoms with E-state index in [0.29, 0.717) is 31.7 Å². The third kappa shape index (κ3) is 5.23. The second kappa shape index (κ2) is 8.46. The molecule has 118 valence electrons. The molecule has 0 spiro atoms. The van der Waals surface area contributed by atoms with E-state index in [0.717, 1.165) is 5.56 Å². The predicted octanol–water partition coefficient (Wildman–Crippen LogP) is 1.91. The maximum absolute atomic E-state index is 12.5. The van der Waals surface area contributed by atoms with E-state index < -0.39 is 11.9 Å². The minimum absolute atomic E-state index is 0.140. The van der Waals surface area contributed by atoms with Crippen molar-refractivity contribution in [3.05, 3.63) is 23.5 Å². The van der Waals surface area contributed by atoms with E-state index in [1.165, 1.54) is 0 Å². The zero-order valence-electron chi connectivity index (χ0n) is 12.9. The van der Waals surface area contributed by atoms with Crippen LogP contribution < -0.4 is 0 Å². The molecule has 0 aliphatic rings. The molecular formula is C15H24N2O4. The summed E-state index contributed by atoms with van der Waals surface area (Å²) < 4.78 is 5.27. The van der Waals surface area contributed by atoms with Crippen molar-refractivity contribution in [1.29, 1.82) is 0 Å². The predicted molar refractivity (Wildman–Crippen MR) is 79.3 cm³/mol. The zero-order chi connectivity index (χ0) is 15.8. The fourth-order valence-corrected chi connectivity index (χ4v) is 2.03. The van der Waals surface area contributed by atoms with Crippen LogP contribution in [0.3, 0.4) is 0 Å². The number of carbonyl (C=O) groups excluding carboxylic acids is 1. The third-order valence-corrected chi connectivity index (χ3v) is 3.31. The van der Waals surface area contributed by atoms with E-state index in [4.69, 9.17) is 9.84 Å². The van der Waals surface area contributed by atoms with Crippen LogP contribution in [-0.4, -0.2) is 53.2 Å². The number of aryl methyl sites for hydroxylation is 1. The third-order valence-electron chi connectivity index (χ3n) is 3.31. The van der Waals surface area contributed by atoms with E-state index in [1.54, 1.807) is 24.2 Å². The van der Waals surface area contributed by atoms with Crippen molar-refractivity contribution in [2.24, 2.45) is 5.92 Å². The number of carboxylic acids is 1. The van der Waals surface area contributed by atoms with Gasteiger partial charge in [0, 0.05) is 38.7 Å². The standard InChI is InChI=1S/C15H24N2O4/c1-4-21-7-5-6-17(10-12(3)15(19)20)14(18)13-9-16-8-11(13)2/h8-9,12,16H,4-7,10H2,1-3H3,(H,19,20). The van der Waals surface area contributed by atoms with Crippen LogP contribution in [0.25, 0.3) is 0 Å². The van der Waals surface area contributed by atoms with Gasteiger partial charge in [-0.05, 0) is 25.8 Å². The molecule has 1 aromatic heterocycles. The van der Waals surface area contributed by atoms with Crippen molar-refractivity contribution < 1.29 is 19.4 Å². The van der Waals surface area contributed by atoms with Gasteiger partial charge in [-0.15, -0.1) is 0 Å². The van der Waals surface area contributed by atoms with E-state index >= 15 is 0 Å². The number of nitrogens with one attached hydrogen (secondary N) is 1. The van der Waals surface area contributed by atoms with Crippen LogP contribution in [0.1, 0.15) is 36.2 Å². The monoisotopic (exact) mass is 296 g/mol.